The van der Waals surface area contributed by atoms with Crippen LogP contribution in [0.15, 0.2) is 0 Å². The molecule has 8 nitrogen and oxygen atoms in total. The molecular weight excluding hydrogens is 240 g/mol. The van der Waals surface area contributed by atoms with E-state index in [0.29, 0.717) is 0 Å². The van der Waals surface area contributed by atoms with Gasteiger partial charge in [-0.3, -0.25) is 9.59 Å². The van der Waals surface area contributed by atoms with Crippen LogP contribution in [0, 0.1) is 11.3 Å². The molecule has 0 rings (SSSR count). The Morgan fingerprint density at radius 1 is 1.44 bits per heavy atom. The van der Waals surface area contributed by atoms with Gasteiger partial charge in [0.25, 0.3) is 0 Å². The fraction of sp³-hybridized carbons (Fsp3) is 0.571. The van der Waals surface area contributed by atoms with Gasteiger partial charge in [-0.25, -0.2) is 8.42 Å². The highest BCUT2D eigenvalue weighted by Crippen LogP contribution is 2.01. The number of nitrogens with zero attached hydrogens (tertiary/aromatic N) is 1. The van der Waals surface area contributed by atoms with Crippen molar-refractivity contribution in [3.63, 3.8) is 0 Å². The summed E-state index contributed by atoms with van der Waals surface area (Å²) in [6.45, 7) is 1.06. The Bertz CT molecular complexity index is 423. The summed E-state index contributed by atoms with van der Waals surface area (Å²) in [5.41, 5.74) is 0. The van der Waals surface area contributed by atoms with Crippen LogP contribution in [0.25, 0.3) is 0 Å². The zero-order valence-corrected chi connectivity index (χ0v) is 9.06. The predicted octanol–water partition coefficient (Wildman–Crippen LogP) is -1.25. The summed E-state index contributed by atoms with van der Waals surface area (Å²) in [4.78, 5) is 20.8. The second kappa shape index (κ2) is 5.43. The van der Waals surface area contributed by atoms with Crippen LogP contribution in [-0.4, -0.2) is 41.9 Å². The molecule has 16 heavy (non-hydrogen) atoms. The molecule has 1 unspecified atom stereocenters. The number of nitriles is 1. The maximum Gasteiger partial charge on any atom is 0.322 e. The third-order valence-electron chi connectivity index (χ3n) is 1.63. The topological polar surface area (TPSA) is 145 Å². The molecule has 0 saturated carbocycles. The monoisotopic (exact) mass is 250 g/mol. The van der Waals surface area contributed by atoms with E-state index in [4.69, 9.17) is 15.5 Å². The van der Waals surface area contributed by atoms with Crippen molar-refractivity contribution < 1.29 is 28.2 Å². The number of hydrogen-bond donors (Lipinski definition) is 3. The van der Waals surface area contributed by atoms with Gasteiger partial charge < -0.3 is 10.2 Å². The van der Waals surface area contributed by atoms with Gasteiger partial charge in [0.1, 0.15) is 6.04 Å². The van der Waals surface area contributed by atoms with E-state index in [1.807, 2.05) is 0 Å². The highest BCUT2D eigenvalue weighted by Gasteiger charge is 2.29. The van der Waals surface area contributed by atoms with Crippen molar-refractivity contribution in [1.29, 1.82) is 5.26 Å². The lowest BCUT2D eigenvalue weighted by molar-refractivity contribution is -0.145. The van der Waals surface area contributed by atoms with Gasteiger partial charge in [-0.05, 0) is 6.92 Å². The van der Waals surface area contributed by atoms with E-state index in [2.05, 4.69) is 0 Å². The molecule has 0 aliphatic rings. The van der Waals surface area contributed by atoms with Crippen molar-refractivity contribution in [3.8, 4) is 6.07 Å². The average Bonchev–Trinajstić information content (AvgIpc) is 2.14. The minimum atomic E-state index is -4.16. The Morgan fingerprint density at radius 3 is 2.25 bits per heavy atom. The molecule has 0 radical (unpaired) electrons. The van der Waals surface area contributed by atoms with Gasteiger partial charge in [0.2, 0.25) is 10.0 Å². The van der Waals surface area contributed by atoms with E-state index < -0.39 is 39.7 Å². The van der Waals surface area contributed by atoms with Crippen LogP contribution >= 0.6 is 0 Å². The third-order valence-corrected chi connectivity index (χ3v) is 3.28. The van der Waals surface area contributed by atoms with Gasteiger partial charge in [-0.2, -0.15) is 9.98 Å². The van der Waals surface area contributed by atoms with Crippen molar-refractivity contribution in [2.45, 2.75) is 24.6 Å². The molecule has 0 saturated heterocycles. The molecule has 0 heterocycles. The number of carbonyl (C=O) groups is 2. The third kappa shape index (κ3) is 4.24. The first-order valence-corrected chi connectivity index (χ1v) is 5.60. The number of carboxylic acid groups (broad SMARTS) is 2. The number of sulfonamides is 1. The second-order valence-electron chi connectivity index (χ2n) is 2.92. The lowest BCUT2D eigenvalue weighted by Crippen LogP contribution is -2.45. The number of carboxylic acids is 2. The molecule has 9 heteroatoms. The smallest absolute Gasteiger partial charge is 0.322 e. The molecule has 90 valence electrons. The van der Waals surface area contributed by atoms with Crippen molar-refractivity contribution in [3.05, 3.63) is 0 Å². The molecule has 2 atom stereocenters. The van der Waals surface area contributed by atoms with Gasteiger partial charge in [-0.1, -0.05) is 0 Å². The molecule has 0 fully saturated rings. The summed E-state index contributed by atoms with van der Waals surface area (Å²) >= 11 is 0. The van der Waals surface area contributed by atoms with Crippen molar-refractivity contribution in [2.24, 2.45) is 0 Å². The van der Waals surface area contributed by atoms with Gasteiger partial charge in [0.15, 0.2) is 5.25 Å². The van der Waals surface area contributed by atoms with E-state index in [1.165, 1.54) is 6.07 Å². The standard InChI is InChI=1S/C7H10N2O6S/c1-4(3-8)16(14,15)9-5(7(12)13)2-6(10)11/h4-5,9H,2H2,1H3,(H,10,11)(H,12,13)/t4?,5-/m0/s1. The van der Waals surface area contributed by atoms with E-state index in [0.717, 1.165) is 6.92 Å². The van der Waals surface area contributed by atoms with Gasteiger partial charge in [0, 0.05) is 0 Å². The van der Waals surface area contributed by atoms with Gasteiger partial charge in [-0.15, -0.1) is 0 Å². The summed E-state index contributed by atoms with van der Waals surface area (Å²) in [5, 5.41) is 23.8. The molecule has 0 aromatic heterocycles. The molecule has 0 spiro atoms. The van der Waals surface area contributed by atoms with E-state index in [1.54, 1.807) is 4.72 Å². The molecule has 0 bridgehead atoms. The lowest BCUT2D eigenvalue weighted by atomic mass is 10.2. The second-order valence-corrected chi connectivity index (χ2v) is 4.96. The quantitative estimate of drug-likeness (QED) is 0.533. The van der Waals surface area contributed by atoms with E-state index in [-0.39, 0.29) is 0 Å². The Hall–Kier alpha value is -1.66. The fourth-order valence-corrected chi connectivity index (χ4v) is 1.65. The van der Waals surface area contributed by atoms with Crippen molar-refractivity contribution >= 4 is 22.0 Å². The zero-order chi connectivity index (χ0) is 12.9. The Balaban J connectivity index is 4.85. The van der Waals surface area contributed by atoms with Crippen LogP contribution in [0.4, 0.5) is 0 Å². The van der Waals surface area contributed by atoms with Crippen molar-refractivity contribution in [2.75, 3.05) is 0 Å². The van der Waals surface area contributed by atoms with Gasteiger partial charge >= 0.3 is 11.9 Å². The summed E-state index contributed by atoms with van der Waals surface area (Å²) in [6, 6.07) is -0.367. The molecular formula is C7H10N2O6S. The number of hydrogen-bond acceptors (Lipinski definition) is 5. The predicted molar refractivity (Wildman–Crippen MR) is 50.8 cm³/mol. The normalized spacial score (nSPS) is 14.8. The van der Waals surface area contributed by atoms with Crippen LogP contribution < -0.4 is 4.72 Å². The molecule has 0 aromatic carbocycles. The maximum atomic E-state index is 11.3. The first-order chi connectivity index (χ1) is 7.20. The Labute approximate surface area is 91.5 Å². The molecule has 0 aliphatic heterocycles. The highest BCUT2D eigenvalue weighted by molar-refractivity contribution is 7.90. The van der Waals surface area contributed by atoms with Crippen LogP contribution in [-0.2, 0) is 19.6 Å². The summed E-state index contributed by atoms with van der Waals surface area (Å²) in [6.07, 6.45) is -0.896. The molecule has 0 aliphatic carbocycles. The van der Waals surface area contributed by atoms with Crippen LogP contribution in [0.1, 0.15) is 13.3 Å². The van der Waals surface area contributed by atoms with Crippen LogP contribution in [0.5, 0.6) is 0 Å². The molecule has 0 aromatic rings. The molecule has 3 N–H and O–H groups in total. The minimum Gasteiger partial charge on any atom is -0.481 e. The lowest BCUT2D eigenvalue weighted by Gasteiger charge is -2.13. The van der Waals surface area contributed by atoms with Crippen LogP contribution in [0.2, 0.25) is 0 Å². The number of aliphatic carboxylic acids is 2. The zero-order valence-electron chi connectivity index (χ0n) is 8.24. The number of rotatable bonds is 6. The Kier molecular flexibility index (Phi) is 4.87. The highest BCUT2D eigenvalue weighted by atomic mass is 32.2. The first kappa shape index (κ1) is 14.3. The largest absolute Gasteiger partial charge is 0.481 e. The minimum absolute atomic E-state index is 0.896. The fourth-order valence-electron chi connectivity index (χ4n) is 0.724. The SMILES string of the molecule is CC(C#N)S(=O)(=O)N[C@@H](CC(=O)O)C(=O)O. The van der Waals surface area contributed by atoms with Gasteiger partial charge in [0.05, 0.1) is 12.5 Å². The summed E-state index contributed by atoms with van der Waals surface area (Å²) < 4.78 is 24.2. The van der Waals surface area contributed by atoms with Crippen molar-refractivity contribution in [1.82, 2.24) is 4.72 Å². The molecule has 0 amide bonds. The average molecular weight is 250 g/mol. The first-order valence-electron chi connectivity index (χ1n) is 4.06. The van der Waals surface area contributed by atoms with E-state index >= 15 is 0 Å². The van der Waals surface area contributed by atoms with E-state index in [9.17, 15) is 18.0 Å². The summed E-state index contributed by atoms with van der Waals surface area (Å²) in [7, 11) is -4.16. The Morgan fingerprint density at radius 2 is 1.94 bits per heavy atom. The van der Waals surface area contributed by atoms with Crippen LogP contribution in [0.3, 0.4) is 0 Å². The maximum absolute atomic E-state index is 11.3. The summed E-state index contributed by atoms with van der Waals surface area (Å²) in [5.74, 6) is -3.07. The number of nitrogens with one attached hydrogen (secondary N) is 1.